The maximum Gasteiger partial charge on any atom is 0.243 e. The molecular formula is C22H27FN2O3S. The Morgan fingerprint density at radius 1 is 1.17 bits per heavy atom. The number of halogens is 1. The van der Waals surface area contributed by atoms with E-state index in [2.05, 4.69) is 5.32 Å². The zero-order chi connectivity index (χ0) is 21.0. The summed E-state index contributed by atoms with van der Waals surface area (Å²) in [5.74, 6) is -1.02. The molecule has 1 fully saturated rings. The van der Waals surface area contributed by atoms with E-state index in [9.17, 15) is 17.6 Å². The number of aryl methyl sites for hydroxylation is 1. The van der Waals surface area contributed by atoms with E-state index in [-0.39, 0.29) is 23.4 Å². The van der Waals surface area contributed by atoms with Crippen molar-refractivity contribution in [3.8, 4) is 0 Å². The number of hydrogen-bond acceptors (Lipinski definition) is 3. The highest BCUT2D eigenvalue weighted by atomic mass is 32.2. The Kier molecular flexibility index (Phi) is 6.70. The lowest BCUT2D eigenvalue weighted by molar-refractivity contribution is -0.126. The number of nitrogens with one attached hydrogen (secondary N) is 1. The van der Waals surface area contributed by atoms with Crippen molar-refractivity contribution in [1.82, 2.24) is 9.62 Å². The number of piperidine rings is 1. The van der Waals surface area contributed by atoms with Gasteiger partial charge in [0.25, 0.3) is 0 Å². The normalized spacial score (nSPS) is 18.9. The molecule has 29 heavy (non-hydrogen) atoms. The minimum Gasteiger partial charge on any atom is -0.349 e. The van der Waals surface area contributed by atoms with Gasteiger partial charge in [-0.2, -0.15) is 4.31 Å². The van der Waals surface area contributed by atoms with Crippen LogP contribution in [0.15, 0.2) is 53.4 Å². The molecule has 0 bridgehead atoms. The maximum absolute atomic E-state index is 13.1. The lowest BCUT2D eigenvalue weighted by Gasteiger charge is -2.32. The van der Waals surface area contributed by atoms with Crippen LogP contribution in [-0.4, -0.2) is 31.7 Å². The zero-order valence-corrected chi connectivity index (χ0v) is 17.6. The average Bonchev–Trinajstić information content (AvgIpc) is 2.73. The fourth-order valence-electron chi connectivity index (χ4n) is 3.64. The van der Waals surface area contributed by atoms with E-state index in [0.29, 0.717) is 19.4 Å². The van der Waals surface area contributed by atoms with E-state index in [1.165, 1.54) is 16.4 Å². The fourth-order valence-corrected chi connectivity index (χ4v) is 5.16. The first-order valence-corrected chi connectivity index (χ1v) is 11.4. The van der Waals surface area contributed by atoms with E-state index in [0.717, 1.165) is 29.7 Å². The molecule has 2 aromatic carbocycles. The summed E-state index contributed by atoms with van der Waals surface area (Å²) in [5, 5.41) is 3.08. The molecule has 5 nitrogen and oxygen atoms in total. The van der Waals surface area contributed by atoms with Gasteiger partial charge in [-0.05, 0) is 56.0 Å². The Bertz CT molecular complexity index is 943. The second kappa shape index (κ2) is 9.05. The highest BCUT2D eigenvalue weighted by molar-refractivity contribution is 7.89. The van der Waals surface area contributed by atoms with Crippen molar-refractivity contribution < 1.29 is 17.6 Å². The van der Waals surface area contributed by atoms with E-state index >= 15 is 0 Å². The van der Waals surface area contributed by atoms with Gasteiger partial charge in [0.05, 0.1) is 16.9 Å². The molecule has 0 aliphatic carbocycles. The van der Waals surface area contributed by atoms with Crippen LogP contribution in [0.3, 0.4) is 0 Å². The minimum atomic E-state index is -3.75. The summed E-state index contributed by atoms with van der Waals surface area (Å²) in [6.07, 6.45) is 2.00. The Morgan fingerprint density at radius 2 is 1.83 bits per heavy atom. The molecule has 0 spiro atoms. The topological polar surface area (TPSA) is 66.5 Å². The van der Waals surface area contributed by atoms with Gasteiger partial charge < -0.3 is 5.32 Å². The van der Waals surface area contributed by atoms with Crippen LogP contribution in [0.1, 0.15) is 43.4 Å². The van der Waals surface area contributed by atoms with Crippen LogP contribution in [0.4, 0.5) is 4.39 Å². The van der Waals surface area contributed by atoms with Gasteiger partial charge in [-0.1, -0.05) is 36.8 Å². The number of carbonyl (C=O) groups is 1. The lowest BCUT2D eigenvalue weighted by Crippen LogP contribution is -2.46. The van der Waals surface area contributed by atoms with Crippen molar-refractivity contribution in [2.45, 2.75) is 44.0 Å². The summed E-state index contributed by atoms with van der Waals surface area (Å²) in [6, 6.07) is 12.7. The summed E-state index contributed by atoms with van der Waals surface area (Å²) in [7, 11) is -3.75. The van der Waals surface area contributed by atoms with Gasteiger partial charge in [0.15, 0.2) is 0 Å². The number of hydrogen-bond donors (Lipinski definition) is 1. The molecule has 156 valence electrons. The largest absolute Gasteiger partial charge is 0.349 e. The smallest absolute Gasteiger partial charge is 0.243 e. The molecule has 1 aliphatic rings. The third-order valence-corrected chi connectivity index (χ3v) is 7.29. The molecule has 2 atom stereocenters. The summed E-state index contributed by atoms with van der Waals surface area (Å²) in [5.41, 5.74) is 2.20. The van der Waals surface area contributed by atoms with Gasteiger partial charge in [0.2, 0.25) is 15.9 Å². The Balaban J connectivity index is 1.70. The second-order valence-electron chi connectivity index (χ2n) is 7.54. The van der Waals surface area contributed by atoms with Crippen LogP contribution >= 0.6 is 0 Å². The number of sulfonamides is 1. The Labute approximate surface area is 172 Å². The lowest BCUT2D eigenvalue weighted by atomic mass is 9.97. The Hall–Kier alpha value is -2.25. The second-order valence-corrected chi connectivity index (χ2v) is 9.47. The van der Waals surface area contributed by atoms with E-state index in [1.54, 1.807) is 0 Å². The maximum atomic E-state index is 13.1. The summed E-state index contributed by atoms with van der Waals surface area (Å²) < 4.78 is 40.2. The standard InChI is InChI=1S/C22H27FN2O3S/c1-3-21(17-8-6-16(2)7-9-17)24-22(26)18-5-4-14-25(15-18)29(27,28)20-12-10-19(23)11-13-20/h6-13,18,21H,3-5,14-15H2,1-2H3,(H,24,26)/t18-,21-/m0/s1. The molecule has 1 N–H and O–H groups in total. The molecule has 0 aromatic heterocycles. The molecule has 0 radical (unpaired) electrons. The molecule has 1 saturated heterocycles. The van der Waals surface area contributed by atoms with Crippen LogP contribution in [0.25, 0.3) is 0 Å². The van der Waals surface area contributed by atoms with Gasteiger partial charge in [0.1, 0.15) is 5.82 Å². The molecule has 1 amide bonds. The van der Waals surface area contributed by atoms with Gasteiger partial charge in [-0.3, -0.25) is 4.79 Å². The Morgan fingerprint density at radius 3 is 2.45 bits per heavy atom. The third kappa shape index (κ3) is 5.03. The predicted molar refractivity (Wildman–Crippen MR) is 110 cm³/mol. The van der Waals surface area contributed by atoms with E-state index < -0.39 is 21.8 Å². The molecule has 0 unspecified atom stereocenters. The number of amides is 1. The highest BCUT2D eigenvalue weighted by Crippen LogP contribution is 2.25. The summed E-state index contributed by atoms with van der Waals surface area (Å²) >= 11 is 0. The SMILES string of the molecule is CC[C@H](NC(=O)[C@H]1CCCN(S(=O)(=O)c2ccc(F)cc2)C1)c1ccc(C)cc1. The van der Waals surface area contributed by atoms with Gasteiger partial charge in [-0.25, -0.2) is 12.8 Å². The first-order chi connectivity index (χ1) is 13.8. The molecule has 1 aliphatic heterocycles. The van der Waals surface area contributed by atoms with Crippen molar-refractivity contribution in [1.29, 1.82) is 0 Å². The van der Waals surface area contributed by atoms with E-state index in [1.807, 2.05) is 38.1 Å². The van der Waals surface area contributed by atoms with Crippen molar-refractivity contribution >= 4 is 15.9 Å². The zero-order valence-electron chi connectivity index (χ0n) is 16.8. The van der Waals surface area contributed by atoms with Gasteiger partial charge >= 0.3 is 0 Å². The molecule has 1 heterocycles. The van der Waals surface area contributed by atoms with Crippen molar-refractivity contribution in [2.75, 3.05) is 13.1 Å². The molecule has 3 rings (SSSR count). The van der Waals surface area contributed by atoms with Crippen LogP contribution < -0.4 is 5.32 Å². The first-order valence-electron chi connectivity index (χ1n) is 9.94. The van der Waals surface area contributed by atoms with Crippen LogP contribution in [-0.2, 0) is 14.8 Å². The number of carbonyl (C=O) groups excluding carboxylic acids is 1. The monoisotopic (exact) mass is 418 g/mol. The van der Waals surface area contributed by atoms with Gasteiger partial charge in [-0.15, -0.1) is 0 Å². The highest BCUT2D eigenvalue weighted by Gasteiger charge is 2.33. The fraction of sp³-hybridized carbons (Fsp3) is 0.409. The van der Waals surface area contributed by atoms with Crippen molar-refractivity contribution in [2.24, 2.45) is 5.92 Å². The minimum absolute atomic E-state index is 0.0473. The molecule has 2 aromatic rings. The summed E-state index contributed by atoms with van der Waals surface area (Å²) in [6.45, 7) is 4.52. The number of nitrogens with zero attached hydrogens (tertiary/aromatic N) is 1. The number of benzene rings is 2. The molecular weight excluding hydrogens is 391 g/mol. The number of rotatable bonds is 6. The van der Waals surface area contributed by atoms with E-state index in [4.69, 9.17) is 0 Å². The quantitative estimate of drug-likeness (QED) is 0.776. The van der Waals surface area contributed by atoms with Crippen molar-refractivity contribution in [3.05, 3.63) is 65.5 Å². The van der Waals surface area contributed by atoms with Crippen LogP contribution in [0, 0.1) is 18.7 Å². The van der Waals surface area contributed by atoms with Crippen LogP contribution in [0.2, 0.25) is 0 Å². The molecule has 0 saturated carbocycles. The van der Waals surface area contributed by atoms with Crippen LogP contribution in [0.5, 0.6) is 0 Å². The first kappa shape index (κ1) is 21.5. The predicted octanol–water partition coefficient (Wildman–Crippen LogP) is 3.80. The molecule has 7 heteroatoms. The van der Waals surface area contributed by atoms with Crippen molar-refractivity contribution in [3.63, 3.8) is 0 Å². The van der Waals surface area contributed by atoms with Gasteiger partial charge in [0, 0.05) is 13.1 Å². The average molecular weight is 419 g/mol. The summed E-state index contributed by atoms with van der Waals surface area (Å²) in [4.78, 5) is 12.9. The third-order valence-electron chi connectivity index (χ3n) is 5.41.